The number of aromatic nitrogens is 5. The maximum atomic E-state index is 13.0. The van der Waals surface area contributed by atoms with Gasteiger partial charge < -0.3 is 13.9 Å². The van der Waals surface area contributed by atoms with Crippen LogP contribution in [0.25, 0.3) is 11.2 Å². The lowest BCUT2D eigenvalue weighted by molar-refractivity contribution is 0.0972. The highest BCUT2D eigenvalue weighted by molar-refractivity contribution is 5.98. The number of hydrogen-bond acceptors (Lipinski definition) is 5. The summed E-state index contributed by atoms with van der Waals surface area (Å²) in [6, 6.07) is 1.96. The number of fused-ring (bicyclic) bond motifs is 1. The molecule has 28 heavy (non-hydrogen) atoms. The first-order valence-corrected chi connectivity index (χ1v) is 9.00. The molecule has 0 saturated carbocycles. The molecule has 0 aliphatic heterocycles. The summed E-state index contributed by atoms with van der Waals surface area (Å²) in [5, 5.41) is 0. The summed E-state index contributed by atoms with van der Waals surface area (Å²) in [4.78, 5) is 41.8. The molecule has 0 fully saturated rings. The fraction of sp³-hybridized carbons (Fsp3) is 0.474. The number of carbonyl (C=O) groups excluding carboxylic acids is 1. The number of hydrogen-bond donors (Lipinski definition) is 0. The van der Waals surface area contributed by atoms with Crippen molar-refractivity contribution in [2.24, 2.45) is 14.1 Å². The Morgan fingerprint density at radius 3 is 2.54 bits per heavy atom. The standard InChI is InChI=1S/C19H25N5O4/c1-11-7-14(13(3)24(11)12(2)9-28-6)15(25)8-23-10-20-17-16(23)18(26)22(5)19(27)21(17)4/h7,10,12H,8-9H2,1-6H3/t12-/m1/s1. The lowest BCUT2D eigenvalue weighted by Gasteiger charge is -2.17. The van der Waals surface area contributed by atoms with Crippen molar-refractivity contribution >= 4 is 16.9 Å². The zero-order valence-electron chi connectivity index (χ0n) is 17.0. The molecule has 0 radical (unpaired) electrons. The Morgan fingerprint density at radius 2 is 1.89 bits per heavy atom. The molecule has 0 saturated heterocycles. The summed E-state index contributed by atoms with van der Waals surface area (Å²) < 4.78 is 11.1. The van der Waals surface area contributed by atoms with Crippen LogP contribution in [-0.2, 0) is 25.4 Å². The Hall–Kier alpha value is -2.94. The van der Waals surface area contributed by atoms with Gasteiger partial charge in [0.25, 0.3) is 5.56 Å². The third-order valence-electron chi connectivity index (χ3n) is 5.16. The molecule has 3 heterocycles. The number of aryl methyl sites for hydroxylation is 2. The van der Waals surface area contributed by atoms with Gasteiger partial charge in [-0.3, -0.25) is 18.7 Å². The predicted molar refractivity (Wildman–Crippen MR) is 105 cm³/mol. The van der Waals surface area contributed by atoms with E-state index in [1.54, 1.807) is 14.2 Å². The average Bonchev–Trinajstić information content (AvgIpc) is 3.19. The summed E-state index contributed by atoms with van der Waals surface area (Å²) in [5.41, 5.74) is 2.01. The molecule has 0 bridgehead atoms. The van der Waals surface area contributed by atoms with Crippen LogP contribution in [0.3, 0.4) is 0 Å². The van der Waals surface area contributed by atoms with Gasteiger partial charge in [0.05, 0.1) is 25.5 Å². The monoisotopic (exact) mass is 387 g/mol. The normalized spacial score (nSPS) is 12.6. The first-order chi connectivity index (χ1) is 13.2. The highest BCUT2D eigenvalue weighted by atomic mass is 16.5. The minimum absolute atomic E-state index is 0.0348. The summed E-state index contributed by atoms with van der Waals surface area (Å²) in [7, 11) is 4.61. The molecule has 0 aliphatic carbocycles. The molecular weight excluding hydrogens is 362 g/mol. The van der Waals surface area contributed by atoms with E-state index in [-0.39, 0.29) is 29.5 Å². The molecule has 0 amide bonds. The summed E-state index contributed by atoms with van der Waals surface area (Å²) in [5.74, 6) is -0.126. The van der Waals surface area contributed by atoms with E-state index in [1.165, 1.54) is 22.5 Å². The Bertz CT molecular complexity index is 1180. The van der Waals surface area contributed by atoms with Crippen LogP contribution in [-0.4, -0.2) is 42.8 Å². The van der Waals surface area contributed by atoms with Crippen LogP contribution < -0.4 is 11.2 Å². The van der Waals surface area contributed by atoms with Crippen molar-refractivity contribution in [3.63, 3.8) is 0 Å². The average molecular weight is 387 g/mol. The van der Waals surface area contributed by atoms with Gasteiger partial charge in [-0.15, -0.1) is 0 Å². The van der Waals surface area contributed by atoms with Crippen LogP contribution in [0.5, 0.6) is 0 Å². The first-order valence-electron chi connectivity index (χ1n) is 9.00. The van der Waals surface area contributed by atoms with Crippen molar-refractivity contribution < 1.29 is 9.53 Å². The molecule has 0 N–H and O–H groups in total. The smallest absolute Gasteiger partial charge is 0.332 e. The molecule has 9 heteroatoms. The number of rotatable bonds is 6. The third-order valence-corrected chi connectivity index (χ3v) is 5.16. The van der Waals surface area contributed by atoms with Crippen molar-refractivity contribution in [2.75, 3.05) is 13.7 Å². The van der Waals surface area contributed by atoms with Gasteiger partial charge in [0.1, 0.15) is 0 Å². The molecule has 150 valence electrons. The Labute approximate surface area is 161 Å². The van der Waals surface area contributed by atoms with Crippen LogP contribution in [0, 0.1) is 13.8 Å². The summed E-state index contributed by atoms with van der Waals surface area (Å²) >= 11 is 0. The third kappa shape index (κ3) is 3.01. The van der Waals surface area contributed by atoms with Gasteiger partial charge >= 0.3 is 5.69 Å². The fourth-order valence-electron chi connectivity index (χ4n) is 3.81. The molecular formula is C19H25N5O4. The summed E-state index contributed by atoms with van der Waals surface area (Å²) in [6.07, 6.45) is 1.43. The molecule has 1 atom stereocenters. The van der Waals surface area contributed by atoms with Gasteiger partial charge in [-0.05, 0) is 26.8 Å². The Morgan fingerprint density at radius 1 is 1.21 bits per heavy atom. The molecule has 0 aromatic carbocycles. The van der Waals surface area contributed by atoms with Crippen molar-refractivity contribution in [2.45, 2.75) is 33.4 Å². The first kappa shape index (κ1) is 19.8. The van der Waals surface area contributed by atoms with Crippen molar-refractivity contribution in [3.8, 4) is 0 Å². The summed E-state index contributed by atoms with van der Waals surface area (Å²) in [6.45, 7) is 6.40. The second-order valence-electron chi connectivity index (χ2n) is 7.13. The molecule has 0 aliphatic rings. The molecule has 0 unspecified atom stereocenters. The number of Topliss-reactive ketones (excluding diaryl/α,β-unsaturated/α-hetero) is 1. The SMILES string of the molecule is COC[C@@H](C)n1c(C)cc(C(=O)Cn2cnc3c2c(=O)n(C)c(=O)n3C)c1C. The second-order valence-corrected chi connectivity index (χ2v) is 7.13. The number of imidazole rings is 1. The van der Waals surface area contributed by atoms with E-state index in [2.05, 4.69) is 9.55 Å². The quantitative estimate of drug-likeness (QED) is 0.587. The molecule has 3 aromatic heterocycles. The van der Waals surface area contributed by atoms with E-state index in [0.717, 1.165) is 16.0 Å². The van der Waals surface area contributed by atoms with Crippen LogP contribution in [0.1, 0.15) is 34.7 Å². The number of ether oxygens (including phenoxy) is 1. The lowest BCUT2D eigenvalue weighted by atomic mass is 10.1. The number of carbonyl (C=O) groups is 1. The van der Waals surface area contributed by atoms with Gasteiger partial charge in [0, 0.05) is 38.2 Å². The van der Waals surface area contributed by atoms with Crippen LogP contribution in [0.4, 0.5) is 0 Å². The van der Waals surface area contributed by atoms with Gasteiger partial charge in [0.15, 0.2) is 16.9 Å². The number of methoxy groups -OCH3 is 1. The molecule has 3 rings (SSSR count). The van der Waals surface area contributed by atoms with E-state index >= 15 is 0 Å². The number of nitrogens with zero attached hydrogens (tertiary/aromatic N) is 5. The Balaban J connectivity index is 2.03. The zero-order valence-corrected chi connectivity index (χ0v) is 17.0. The number of ketones is 1. The van der Waals surface area contributed by atoms with Crippen molar-refractivity contribution in [1.82, 2.24) is 23.3 Å². The highest BCUT2D eigenvalue weighted by Crippen LogP contribution is 2.22. The van der Waals surface area contributed by atoms with Crippen LogP contribution in [0.2, 0.25) is 0 Å². The second kappa shape index (κ2) is 7.23. The predicted octanol–water partition coefficient (Wildman–Crippen LogP) is 0.942. The van der Waals surface area contributed by atoms with E-state index < -0.39 is 11.2 Å². The maximum Gasteiger partial charge on any atom is 0.332 e. The minimum atomic E-state index is -0.470. The van der Waals surface area contributed by atoms with Crippen molar-refractivity contribution in [1.29, 1.82) is 0 Å². The maximum absolute atomic E-state index is 13.0. The molecule has 9 nitrogen and oxygen atoms in total. The molecule has 0 spiro atoms. The van der Waals surface area contributed by atoms with E-state index in [0.29, 0.717) is 12.2 Å². The van der Waals surface area contributed by atoms with E-state index in [1.807, 2.05) is 26.8 Å². The fourth-order valence-corrected chi connectivity index (χ4v) is 3.81. The minimum Gasteiger partial charge on any atom is -0.383 e. The lowest BCUT2D eigenvalue weighted by Crippen LogP contribution is -2.37. The van der Waals surface area contributed by atoms with Gasteiger partial charge in [0.2, 0.25) is 0 Å². The Kier molecular flexibility index (Phi) is 5.12. The zero-order chi connectivity index (χ0) is 20.7. The van der Waals surface area contributed by atoms with Crippen LogP contribution in [0.15, 0.2) is 22.0 Å². The van der Waals surface area contributed by atoms with Gasteiger partial charge in [-0.1, -0.05) is 0 Å². The van der Waals surface area contributed by atoms with Crippen LogP contribution >= 0.6 is 0 Å². The topological polar surface area (TPSA) is 93.1 Å². The molecule has 3 aromatic rings. The van der Waals surface area contributed by atoms with Gasteiger partial charge in [-0.2, -0.15) is 0 Å². The van der Waals surface area contributed by atoms with E-state index in [4.69, 9.17) is 4.74 Å². The largest absolute Gasteiger partial charge is 0.383 e. The van der Waals surface area contributed by atoms with Gasteiger partial charge in [-0.25, -0.2) is 9.78 Å². The van der Waals surface area contributed by atoms with E-state index in [9.17, 15) is 14.4 Å². The van der Waals surface area contributed by atoms with Crippen molar-refractivity contribution in [3.05, 3.63) is 50.2 Å². The highest BCUT2D eigenvalue weighted by Gasteiger charge is 2.21.